The topological polar surface area (TPSA) is 126 Å². The number of carbonyl (C=O) groups is 1. The van der Waals surface area contributed by atoms with Gasteiger partial charge in [-0.2, -0.15) is 0 Å². The molecule has 1 aromatic heterocycles. The largest absolute Gasteiger partial charge is 0.494 e. The molecule has 0 bridgehead atoms. The van der Waals surface area contributed by atoms with Crippen molar-refractivity contribution in [2.45, 2.75) is 11.8 Å². The number of sulfonamides is 1. The van der Waals surface area contributed by atoms with Crippen molar-refractivity contribution in [1.82, 2.24) is 14.6 Å². The minimum Gasteiger partial charge on any atom is -0.494 e. The molecular formula is C24H26N4O4S. The second-order valence-corrected chi connectivity index (χ2v) is 10.4. The van der Waals surface area contributed by atoms with Crippen LogP contribution >= 0.6 is 0 Å². The van der Waals surface area contributed by atoms with E-state index in [2.05, 4.69) is 9.71 Å². The minimum atomic E-state index is -3.69. The molecule has 1 heterocycles. The molecule has 4 rings (SSSR count). The number of rotatable bonds is 7. The highest BCUT2D eigenvalue weighted by Gasteiger charge is 2.34. The van der Waals surface area contributed by atoms with Gasteiger partial charge in [-0.25, -0.2) is 13.1 Å². The summed E-state index contributed by atoms with van der Waals surface area (Å²) in [5.74, 6) is -0.413. The van der Waals surface area contributed by atoms with E-state index in [9.17, 15) is 18.3 Å². The number of hydrogen-bond acceptors (Lipinski definition) is 6. The van der Waals surface area contributed by atoms with Crippen molar-refractivity contribution >= 4 is 21.5 Å². The van der Waals surface area contributed by atoms with Gasteiger partial charge in [0.2, 0.25) is 10.0 Å². The highest BCUT2D eigenvalue weighted by molar-refractivity contribution is 7.89. The Balaban J connectivity index is 1.64. The quantitative estimate of drug-likeness (QED) is 0.333. The summed E-state index contributed by atoms with van der Waals surface area (Å²) < 4.78 is 28.0. The van der Waals surface area contributed by atoms with Crippen LogP contribution in [-0.4, -0.2) is 62.1 Å². The summed E-state index contributed by atoms with van der Waals surface area (Å²) in [5, 5.41) is 18.9. The Hall–Kier alpha value is -3.27. The lowest BCUT2D eigenvalue weighted by Gasteiger charge is -2.18. The average Bonchev–Trinajstić information content (AvgIpc) is 3.13. The Morgan fingerprint density at radius 2 is 1.70 bits per heavy atom. The van der Waals surface area contributed by atoms with Crippen molar-refractivity contribution < 1.29 is 18.3 Å². The minimum absolute atomic E-state index is 0.0652. The van der Waals surface area contributed by atoms with E-state index in [0.717, 1.165) is 6.54 Å². The van der Waals surface area contributed by atoms with Crippen LogP contribution in [0.25, 0.3) is 11.3 Å². The van der Waals surface area contributed by atoms with E-state index in [4.69, 9.17) is 5.41 Å². The number of aromatic hydroxyl groups is 1. The normalized spacial score (nSPS) is 14.3. The Morgan fingerprint density at radius 1 is 1.06 bits per heavy atom. The molecule has 2 aromatic carbocycles. The van der Waals surface area contributed by atoms with Gasteiger partial charge in [-0.05, 0) is 37.7 Å². The molecule has 172 valence electrons. The standard InChI is InChI=1S/C24H26N4O4S/c1-14(13-28(2)3)12-26-33(31,32)16-10-8-15(9-11-16)22-20-19(24(30)27-22)21(25)17-6-4-5-7-18(17)23(20)29/h4-11,14,25-27,30H,12-13H2,1-3H3. The first-order valence-electron chi connectivity index (χ1n) is 10.5. The number of H-pyrrole nitrogens is 1. The number of ketones is 1. The Kier molecular flexibility index (Phi) is 5.96. The highest BCUT2D eigenvalue weighted by atomic mass is 32.2. The van der Waals surface area contributed by atoms with E-state index in [1.807, 2.05) is 25.9 Å². The number of carbonyl (C=O) groups excluding carboxylic acids is 1. The first kappa shape index (κ1) is 22.9. The number of benzene rings is 2. The summed E-state index contributed by atoms with van der Waals surface area (Å²) in [6, 6.07) is 12.9. The SMILES string of the molecule is CC(CNS(=O)(=O)c1ccc(-c2[nH]c(O)c3c2C(=O)c2ccccc2C3=N)cc1)CN(C)C. The van der Waals surface area contributed by atoms with Crippen LogP contribution in [-0.2, 0) is 10.0 Å². The average molecular weight is 467 g/mol. The Bertz CT molecular complexity index is 1340. The molecule has 0 spiro atoms. The Labute approximate surface area is 192 Å². The van der Waals surface area contributed by atoms with Crippen LogP contribution in [0.5, 0.6) is 5.88 Å². The van der Waals surface area contributed by atoms with Gasteiger partial charge in [-0.1, -0.05) is 43.3 Å². The van der Waals surface area contributed by atoms with E-state index in [0.29, 0.717) is 28.9 Å². The zero-order chi connectivity index (χ0) is 23.9. The van der Waals surface area contributed by atoms with Crippen molar-refractivity contribution in [2.24, 2.45) is 5.92 Å². The van der Waals surface area contributed by atoms with Gasteiger partial charge in [-0.3, -0.25) is 10.2 Å². The maximum absolute atomic E-state index is 13.2. The van der Waals surface area contributed by atoms with Gasteiger partial charge < -0.3 is 15.0 Å². The summed E-state index contributed by atoms with van der Waals surface area (Å²) in [7, 11) is 0.181. The number of nitrogens with zero attached hydrogens (tertiary/aromatic N) is 1. The summed E-state index contributed by atoms with van der Waals surface area (Å²) in [6.07, 6.45) is 0. The Morgan fingerprint density at radius 3 is 2.33 bits per heavy atom. The second kappa shape index (κ2) is 8.58. The van der Waals surface area contributed by atoms with Crippen molar-refractivity contribution in [3.63, 3.8) is 0 Å². The number of nitrogens with one attached hydrogen (secondary N) is 3. The maximum atomic E-state index is 13.2. The van der Waals surface area contributed by atoms with Gasteiger partial charge in [0.25, 0.3) is 0 Å². The molecule has 3 aromatic rings. The molecule has 4 N–H and O–H groups in total. The monoisotopic (exact) mass is 466 g/mol. The summed E-state index contributed by atoms with van der Waals surface area (Å²) >= 11 is 0. The van der Waals surface area contributed by atoms with Crippen LogP contribution in [0.15, 0.2) is 53.4 Å². The molecule has 1 unspecified atom stereocenters. The third kappa shape index (κ3) is 4.22. The fourth-order valence-corrected chi connectivity index (χ4v) is 5.33. The van der Waals surface area contributed by atoms with E-state index < -0.39 is 10.0 Å². The third-order valence-electron chi connectivity index (χ3n) is 5.65. The van der Waals surface area contributed by atoms with Crippen molar-refractivity contribution in [2.75, 3.05) is 27.2 Å². The highest BCUT2D eigenvalue weighted by Crippen LogP contribution is 2.39. The molecule has 0 saturated carbocycles. The van der Waals surface area contributed by atoms with E-state index >= 15 is 0 Å². The van der Waals surface area contributed by atoms with Crippen molar-refractivity contribution in [3.8, 4) is 17.1 Å². The molecule has 0 saturated heterocycles. The fraction of sp³-hybridized carbons (Fsp3) is 0.250. The number of fused-ring (bicyclic) bond motifs is 2. The van der Waals surface area contributed by atoms with Gasteiger partial charge in [0.15, 0.2) is 11.7 Å². The molecule has 8 nitrogen and oxygen atoms in total. The van der Waals surface area contributed by atoms with Gasteiger partial charge in [-0.15, -0.1) is 0 Å². The molecule has 0 amide bonds. The molecule has 1 aliphatic rings. The van der Waals surface area contributed by atoms with Crippen LogP contribution in [0, 0.1) is 11.3 Å². The van der Waals surface area contributed by atoms with Crippen LogP contribution < -0.4 is 4.72 Å². The van der Waals surface area contributed by atoms with Crippen LogP contribution in [0.2, 0.25) is 0 Å². The zero-order valence-corrected chi connectivity index (χ0v) is 19.5. The van der Waals surface area contributed by atoms with Gasteiger partial charge in [0.05, 0.1) is 27.4 Å². The van der Waals surface area contributed by atoms with Crippen molar-refractivity contribution in [3.05, 3.63) is 70.8 Å². The molecule has 1 aliphatic carbocycles. The molecule has 0 fully saturated rings. The first-order valence-corrected chi connectivity index (χ1v) is 12.0. The summed E-state index contributed by atoms with van der Waals surface area (Å²) in [6.45, 7) is 3.05. The van der Waals surface area contributed by atoms with E-state index in [1.54, 1.807) is 36.4 Å². The fourth-order valence-electron chi connectivity index (χ4n) is 4.17. The lowest BCUT2D eigenvalue weighted by molar-refractivity contribution is 0.103. The third-order valence-corrected chi connectivity index (χ3v) is 7.09. The summed E-state index contributed by atoms with van der Waals surface area (Å²) in [5.41, 5.74) is 2.17. The molecule has 9 heteroatoms. The molecule has 33 heavy (non-hydrogen) atoms. The van der Waals surface area contributed by atoms with Crippen molar-refractivity contribution in [1.29, 1.82) is 5.41 Å². The van der Waals surface area contributed by atoms with Gasteiger partial charge in [0, 0.05) is 24.2 Å². The number of aromatic nitrogens is 1. The zero-order valence-electron chi connectivity index (χ0n) is 18.6. The molecule has 1 atom stereocenters. The second-order valence-electron chi connectivity index (χ2n) is 8.59. The lowest BCUT2D eigenvalue weighted by Crippen LogP contribution is -2.32. The number of hydrogen-bond donors (Lipinski definition) is 4. The van der Waals surface area contributed by atoms with Crippen LogP contribution in [0.4, 0.5) is 0 Å². The first-order chi connectivity index (χ1) is 15.6. The molecule has 0 radical (unpaired) electrons. The van der Waals surface area contributed by atoms with E-state index in [1.165, 1.54) is 12.1 Å². The smallest absolute Gasteiger partial charge is 0.240 e. The van der Waals surface area contributed by atoms with Gasteiger partial charge >= 0.3 is 0 Å². The van der Waals surface area contributed by atoms with Crippen LogP contribution in [0.3, 0.4) is 0 Å². The van der Waals surface area contributed by atoms with E-state index in [-0.39, 0.29) is 39.3 Å². The molecular weight excluding hydrogens is 440 g/mol. The predicted octanol–water partition coefficient (Wildman–Crippen LogP) is 2.82. The number of aromatic amines is 1. The predicted molar refractivity (Wildman–Crippen MR) is 127 cm³/mol. The van der Waals surface area contributed by atoms with Gasteiger partial charge in [0.1, 0.15) is 0 Å². The molecule has 0 aliphatic heterocycles. The van der Waals surface area contributed by atoms with Crippen LogP contribution in [0.1, 0.15) is 34.0 Å². The lowest BCUT2D eigenvalue weighted by atomic mass is 9.84. The summed E-state index contributed by atoms with van der Waals surface area (Å²) in [4.78, 5) is 18.1. The maximum Gasteiger partial charge on any atom is 0.240 e.